The van der Waals surface area contributed by atoms with Gasteiger partial charge in [0.2, 0.25) is 0 Å². The van der Waals surface area contributed by atoms with Crippen molar-refractivity contribution >= 4 is 94.0 Å². The predicted octanol–water partition coefficient (Wildman–Crippen LogP) is 22.0. The van der Waals surface area contributed by atoms with Crippen molar-refractivity contribution in [1.82, 2.24) is 4.57 Å². The summed E-state index contributed by atoms with van der Waals surface area (Å²) in [5.74, 6) is 0. The number of rotatable bonds is 4. The lowest BCUT2D eigenvalue weighted by Gasteiger charge is -2.24. The molecule has 0 amide bonds. The molecule has 0 radical (unpaired) electrons. The zero-order chi connectivity index (χ0) is 58.6. The number of fused-ring (bicyclic) bond motifs is 22. The van der Waals surface area contributed by atoms with E-state index in [4.69, 9.17) is 8.83 Å². The van der Waals surface area contributed by atoms with Crippen LogP contribution in [-0.2, 0) is 28.7 Å². The lowest BCUT2D eigenvalue weighted by molar-refractivity contribution is 0.652. The highest BCUT2D eigenvalue weighted by atomic mass is 127. The Morgan fingerprint density at radius 1 is 0.349 bits per heavy atom. The molecule has 3 heterocycles. The molecule has 0 N–H and O–H groups in total. The summed E-state index contributed by atoms with van der Waals surface area (Å²) in [6.45, 7) is 19.2. The molecule has 4 aliphatic carbocycles. The molecule has 86 heavy (non-hydrogen) atoms. The van der Waals surface area contributed by atoms with E-state index in [0.29, 0.717) is 0 Å². The fraction of sp³-hybridized carbons (Fsp3) is 0.185. The van der Waals surface area contributed by atoms with Gasteiger partial charge < -0.3 is 18.3 Å². The number of anilines is 1. The van der Waals surface area contributed by atoms with Crippen molar-refractivity contribution in [2.75, 3.05) is 19.0 Å². The van der Waals surface area contributed by atoms with Gasteiger partial charge in [-0.2, -0.15) is 0 Å². The molecule has 5 heteroatoms. The van der Waals surface area contributed by atoms with Crippen molar-refractivity contribution in [3.63, 3.8) is 0 Å². The van der Waals surface area contributed by atoms with Crippen molar-refractivity contribution in [3.8, 4) is 77.9 Å². The van der Waals surface area contributed by atoms with E-state index in [-0.39, 0.29) is 21.7 Å². The number of para-hydroxylation sites is 2. The van der Waals surface area contributed by atoms with Crippen LogP contribution in [-0.4, -0.2) is 18.7 Å². The Balaban J connectivity index is 0.809. The number of aromatic nitrogens is 1. The van der Waals surface area contributed by atoms with Gasteiger partial charge in [0.25, 0.3) is 0 Å². The van der Waals surface area contributed by atoms with E-state index in [0.717, 1.165) is 86.1 Å². The molecule has 0 saturated carbocycles. The summed E-state index contributed by atoms with van der Waals surface area (Å²) in [6.07, 6.45) is 0. The van der Waals surface area contributed by atoms with Gasteiger partial charge in [-0.15, -0.1) is 0 Å². The van der Waals surface area contributed by atoms with Gasteiger partial charge in [-0.25, -0.2) is 0 Å². The highest BCUT2D eigenvalue weighted by Gasteiger charge is 2.44. The second-order valence-electron chi connectivity index (χ2n) is 27.5. The molecule has 0 spiro atoms. The summed E-state index contributed by atoms with van der Waals surface area (Å²) in [5, 5.41) is 6.80. The van der Waals surface area contributed by atoms with Crippen molar-refractivity contribution in [3.05, 3.63) is 230 Å². The minimum Gasteiger partial charge on any atom is -0.455 e. The Morgan fingerprint density at radius 3 is 1.27 bits per heavy atom. The Kier molecular flexibility index (Phi) is 9.81. The zero-order valence-electron chi connectivity index (χ0n) is 50.4. The van der Waals surface area contributed by atoms with E-state index in [1.807, 2.05) is 0 Å². The molecule has 4 aliphatic rings. The van der Waals surface area contributed by atoms with Crippen LogP contribution in [0.15, 0.2) is 191 Å². The number of aryl methyl sites for hydroxylation is 1. The van der Waals surface area contributed by atoms with Crippen LogP contribution in [0, 0.1) is 3.57 Å². The maximum atomic E-state index is 7.22. The van der Waals surface area contributed by atoms with Gasteiger partial charge in [0.1, 0.15) is 22.3 Å². The van der Waals surface area contributed by atoms with Gasteiger partial charge in [-0.05, 0) is 207 Å². The lowest BCUT2D eigenvalue weighted by Crippen LogP contribution is -2.17. The molecule has 0 bridgehead atoms. The summed E-state index contributed by atoms with van der Waals surface area (Å²) in [5.41, 5.74) is 35.4. The van der Waals surface area contributed by atoms with Gasteiger partial charge in [-0.3, -0.25) is 0 Å². The molecule has 14 aromatic rings. The highest BCUT2D eigenvalue weighted by molar-refractivity contribution is 14.1. The van der Waals surface area contributed by atoms with Crippen molar-refractivity contribution in [1.29, 1.82) is 0 Å². The van der Waals surface area contributed by atoms with E-state index in [2.05, 4.69) is 291 Å². The standard InChI is InChI=1S/C81H63IN2O2/c1-78(2)58-24-16-12-20-44(58)52-34-64-54(36-62(52)78)46-30-28-42(32-60(46)80(64,5)6)50-38-66(82)74(76-72(50)48-22-14-18-26-70(48)85-76)56-41-68-57(40-67(56)83(9)10)75-69(84(68)11)39-51(73-49-23-15-19-27-71(49)86-77(73)75)43-29-31-47-55-37-63-53(35-65(55)81(7,8)61(47)33-43)45-21-13-17-25-59(45)79(63,3)4/h12-41H,1-11H3. The van der Waals surface area contributed by atoms with Crippen LogP contribution >= 0.6 is 22.6 Å². The van der Waals surface area contributed by atoms with Crippen molar-refractivity contribution in [2.45, 2.75) is 77.0 Å². The number of halogens is 1. The number of hydrogen-bond acceptors (Lipinski definition) is 3. The SMILES string of the molecule is CN(C)c1cc2c3c4oc5ccccc5c4c(-c4ccc5c(c4)C(C)(C)c4cc6c(cc4-5)C(C)(C)c4ccccc4-6)cc3n(C)c2cc1-c1c(I)cc(-c2ccc3c(c2)C(C)(C)c2cc4c(cc2-3)C(C)(C)c2ccccc2-4)c2c1oc1ccccc12. The monoisotopic (exact) mass is 1220 g/mol. The Hall–Kier alpha value is -8.65. The van der Waals surface area contributed by atoms with Crippen molar-refractivity contribution < 1.29 is 8.83 Å². The average Bonchev–Trinajstić information content (AvgIpc) is 1.57. The Bertz CT molecular complexity index is 5470. The topological polar surface area (TPSA) is 34.5 Å². The van der Waals surface area contributed by atoms with Crippen LogP contribution in [0.4, 0.5) is 5.69 Å². The molecule has 18 rings (SSSR count). The second kappa shape index (κ2) is 16.7. The molecule has 3 aromatic heterocycles. The molecule has 0 aliphatic heterocycles. The molecule has 0 atom stereocenters. The third kappa shape index (κ3) is 6.29. The first-order valence-electron chi connectivity index (χ1n) is 30.4. The third-order valence-corrected chi connectivity index (χ3v) is 22.3. The van der Waals surface area contributed by atoms with Gasteiger partial charge in [-0.1, -0.05) is 165 Å². The minimum atomic E-state index is -0.213. The fourth-order valence-electron chi connectivity index (χ4n) is 16.9. The van der Waals surface area contributed by atoms with Gasteiger partial charge in [0.05, 0.1) is 10.9 Å². The van der Waals surface area contributed by atoms with Crippen LogP contribution in [0.2, 0.25) is 0 Å². The zero-order valence-corrected chi connectivity index (χ0v) is 52.6. The molecule has 416 valence electrons. The summed E-state index contributed by atoms with van der Waals surface area (Å²) in [4.78, 5) is 2.27. The summed E-state index contributed by atoms with van der Waals surface area (Å²) < 4.78 is 17.9. The van der Waals surface area contributed by atoms with E-state index < -0.39 is 0 Å². The Labute approximate surface area is 514 Å². The predicted molar refractivity (Wildman–Crippen MR) is 369 cm³/mol. The quantitative estimate of drug-likeness (QED) is 0.165. The maximum absolute atomic E-state index is 7.22. The molecule has 0 saturated heterocycles. The van der Waals surface area contributed by atoms with Crippen LogP contribution in [0.25, 0.3) is 144 Å². The maximum Gasteiger partial charge on any atom is 0.146 e. The molecule has 0 fully saturated rings. The smallest absolute Gasteiger partial charge is 0.146 e. The van der Waals surface area contributed by atoms with Crippen LogP contribution in [0.5, 0.6) is 0 Å². The summed E-state index contributed by atoms with van der Waals surface area (Å²) >= 11 is 2.60. The van der Waals surface area contributed by atoms with Gasteiger partial charge >= 0.3 is 0 Å². The first-order chi connectivity index (χ1) is 41.3. The van der Waals surface area contributed by atoms with E-state index in [1.54, 1.807) is 0 Å². The largest absolute Gasteiger partial charge is 0.455 e. The summed E-state index contributed by atoms with van der Waals surface area (Å²) in [6, 6.07) is 69.4. The first kappa shape index (κ1) is 50.7. The van der Waals surface area contributed by atoms with Gasteiger partial charge in [0.15, 0.2) is 0 Å². The lowest BCUT2D eigenvalue weighted by atomic mass is 9.79. The molecular weight excluding hydrogens is 1160 g/mol. The highest BCUT2D eigenvalue weighted by Crippen LogP contribution is 2.60. The third-order valence-electron chi connectivity index (χ3n) is 21.5. The van der Waals surface area contributed by atoms with Gasteiger partial charge in [0, 0.05) is 95.6 Å². The van der Waals surface area contributed by atoms with Crippen LogP contribution in [0.3, 0.4) is 0 Å². The van der Waals surface area contributed by atoms with Crippen molar-refractivity contribution in [2.24, 2.45) is 7.05 Å². The minimum absolute atomic E-state index is 0.0707. The molecule has 0 unspecified atom stereocenters. The van der Waals surface area contributed by atoms with Crippen LogP contribution in [0.1, 0.15) is 99.9 Å². The van der Waals surface area contributed by atoms with E-state index in [9.17, 15) is 0 Å². The van der Waals surface area contributed by atoms with E-state index >= 15 is 0 Å². The summed E-state index contributed by atoms with van der Waals surface area (Å²) in [7, 11) is 6.57. The molecular formula is C81H63IN2O2. The molecule has 4 nitrogen and oxygen atoms in total. The van der Waals surface area contributed by atoms with Crippen LogP contribution < -0.4 is 4.90 Å². The normalized spacial score (nSPS) is 15.8. The number of nitrogens with zero attached hydrogens (tertiary/aromatic N) is 2. The first-order valence-corrected chi connectivity index (χ1v) is 31.5. The average molecular weight is 1220 g/mol. The second-order valence-corrected chi connectivity index (χ2v) is 28.7. The number of furan rings is 2. The fourth-order valence-corrected chi connectivity index (χ4v) is 17.8. The Morgan fingerprint density at radius 2 is 0.756 bits per heavy atom. The van der Waals surface area contributed by atoms with E-state index in [1.165, 1.54) is 111 Å². The molecule has 11 aromatic carbocycles. The number of hydrogen-bond donors (Lipinski definition) is 0. The number of benzene rings is 11.